The second-order valence-corrected chi connectivity index (χ2v) is 4.68. The Balaban J connectivity index is 1.91. The van der Waals surface area contributed by atoms with Crippen LogP contribution in [0.1, 0.15) is 12.8 Å². The third-order valence-corrected chi connectivity index (χ3v) is 3.01. The van der Waals surface area contributed by atoms with Crippen molar-refractivity contribution in [3.05, 3.63) is 30.1 Å². The molecule has 1 atom stereocenters. The fraction of sp³-hybridized carbons (Fsp3) is 0.538. The van der Waals surface area contributed by atoms with E-state index in [1.165, 1.54) is 25.0 Å². The maximum atomic E-state index is 13.1. The number of anilines is 1. The molecule has 1 aliphatic rings. The van der Waals surface area contributed by atoms with Crippen molar-refractivity contribution in [2.45, 2.75) is 24.9 Å². The minimum Gasteiger partial charge on any atom is -0.395 e. The number of aliphatic hydroxyl groups is 1. The summed E-state index contributed by atoms with van der Waals surface area (Å²) in [5.41, 5.74) is 0.834. The van der Waals surface area contributed by atoms with E-state index in [0.29, 0.717) is 12.6 Å². The predicted octanol–water partition coefficient (Wildman–Crippen LogP) is 1.37. The maximum Gasteiger partial charge on any atom is 0.125 e. The van der Waals surface area contributed by atoms with Crippen molar-refractivity contribution in [2.24, 2.45) is 0 Å². The zero-order valence-corrected chi connectivity index (χ0v) is 10.1. The van der Waals surface area contributed by atoms with Crippen LogP contribution in [0.15, 0.2) is 24.3 Å². The second-order valence-electron chi connectivity index (χ2n) is 4.68. The van der Waals surface area contributed by atoms with Crippen LogP contribution in [-0.2, 0) is 0 Å². The Morgan fingerprint density at radius 2 is 2.29 bits per heavy atom. The first-order chi connectivity index (χ1) is 8.19. The van der Waals surface area contributed by atoms with Crippen molar-refractivity contribution in [2.75, 3.05) is 25.1 Å². The lowest BCUT2D eigenvalue weighted by Crippen LogP contribution is -2.43. The fourth-order valence-electron chi connectivity index (χ4n) is 1.90. The Bertz CT molecular complexity index is 368. The van der Waals surface area contributed by atoms with Crippen LogP contribution in [0.5, 0.6) is 0 Å². The van der Waals surface area contributed by atoms with Gasteiger partial charge in [-0.05, 0) is 31.0 Å². The van der Waals surface area contributed by atoms with Gasteiger partial charge in [0.05, 0.1) is 6.61 Å². The second kappa shape index (κ2) is 5.47. The average molecular weight is 238 g/mol. The molecular formula is C13H19FN2O. The van der Waals surface area contributed by atoms with Crippen molar-refractivity contribution in [3.63, 3.8) is 0 Å². The quantitative estimate of drug-likeness (QED) is 0.786. The number of hydrogen-bond acceptors (Lipinski definition) is 3. The van der Waals surface area contributed by atoms with Crippen LogP contribution in [0, 0.1) is 5.82 Å². The van der Waals surface area contributed by atoms with Crippen LogP contribution in [0.4, 0.5) is 10.1 Å². The van der Waals surface area contributed by atoms with Crippen LogP contribution in [-0.4, -0.2) is 37.4 Å². The summed E-state index contributed by atoms with van der Waals surface area (Å²) in [5, 5.41) is 12.7. The lowest BCUT2D eigenvalue weighted by molar-refractivity contribution is 0.243. The minimum absolute atomic E-state index is 0.0516. The molecule has 0 heterocycles. The zero-order chi connectivity index (χ0) is 12.3. The van der Waals surface area contributed by atoms with Gasteiger partial charge in [-0.2, -0.15) is 0 Å². The van der Waals surface area contributed by atoms with Crippen LogP contribution in [0.25, 0.3) is 0 Å². The predicted molar refractivity (Wildman–Crippen MR) is 66.7 cm³/mol. The van der Waals surface area contributed by atoms with Gasteiger partial charge in [0.25, 0.3) is 0 Å². The summed E-state index contributed by atoms with van der Waals surface area (Å²) < 4.78 is 13.1. The van der Waals surface area contributed by atoms with E-state index in [4.69, 9.17) is 0 Å². The molecular weight excluding hydrogens is 219 g/mol. The Hall–Kier alpha value is -1.13. The molecule has 1 fully saturated rings. The number of likely N-dealkylation sites (N-methyl/N-ethyl adjacent to an activating group) is 1. The van der Waals surface area contributed by atoms with Gasteiger partial charge in [0, 0.05) is 31.4 Å². The van der Waals surface area contributed by atoms with Gasteiger partial charge in [0.2, 0.25) is 0 Å². The molecule has 0 spiro atoms. The highest BCUT2D eigenvalue weighted by molar-refractivity contribution is 5.45. The lowest BCUT2D eigenvalue weighted by Gasteiger charge is -2.25. The number of benzene rings is 1. The van der Waals surface area contributed by atoms with E-state index in [-0.39, 0.29) is 18.5 Å². The van der Waals surface area contributed by atoms with Gasteiger partial charge in [-0.15, -0.1) is 0 Å². The molecule has 1 aromatic carbocycles. The molecule has 1 unspecified atom stereocenters. The van der Waals surface area contributed by atoms with Gasteiger partial charge in [-0.1, -0.05) is 6.07 Å². The summed E-state index contributed by atoms with van der Waals surface area (Å²) in [6.45, 7) is 0.784. The van der Waals surface area contributed by atoms with E-state index in [2.05, 4.69) is 5.32 Å². The SMILES string of the molecule is CN(CC(CO)NC1CC1)c1cccc(F)c1. The Labute approximate surface area is 101 Å². The van der Waals surface area contributed by atoms with Gasteiger partial charge in [-0.3, -0.25) is 0 Å². The summed E-state index contributed by atoms with van der Waals surface area (Å²) in [6.07, 6.45) is 2.39. The summed E-state index contributed by atoms with van der Waals surface area (Å²) in [5.74, 6) is -0.231. The van der Waals surface area contributed by atoms with Crippen molar-refractivity contribution in [1.29, 1.82) is 0 Å². The van der Waals surface area contributed by atoms with Crippen molar-refractivity contribution < 1.29 is 9.50 Å². The van der Waals surface area contributed by atoms with Crippen molar-refractivity contribution in [3.8, 4) is 0 Å². The van der Waals surface area contributed by atoms with Crippen LogP contribution >= 0.6 is 0 Å². The van der Waals surface area contributed by atoms with E-state index in [0.717, 1.165) is 5.69 Å². The molecule has 3 nitrogen and oxygen atoms in total. The van der Waals surface area contributed by atoms with E-state index in [9.17, 15) is 9.50 Å². The van der Waals surface area contributed by atoms with E-state index in [1.54, 1.807) is 6.07 Å². The monoisotopic (exact) mass is 238 g/mol. The number of halogens is 1. The molecule has 0 saturated heterocycles. The summed E-state index contributed by atoms with van der Waals surface area (Å²) in [4.78, 5) is 1.96. The standard InChI is InChI=1S/C13H19FN2O/c1-16(13-4-2-3-10(14)7-13)8-12(9-17)15-11-5-6-11/h2-4,7,11-12,15,17H,5-6,8-9H2,1H3. The number of aliphatic hydroxyl groups excluding tert-OH is 1. The average Bonchev–Trinajstić information content (AvgIpc) is 3.12. The Morgan fingerprint density at radius 3 is 2.88 bits per heavy atom. The number of rotatable bonds is 6. The van der Waals surface area contributed by atoms with Crippen molar-refractivity contribution in [1.82, 2.24) is 5.32 Å². The smallest absolute Gasteiger partial charge is 0.125 e. The first kappa shape index (κ1) is 12.3. The Kier molecular flexibility index (Phi) is 3.97. The third-order valence-electron chi connectivity index (χ3n) is 3.01. The minimum atomic E-state index is -0.231. The van der Waals surface area contributed by atoms with Gasteiger partial charge in [0.1, 0.15) is 5.82 Å². The highest BCUT2D eigenvalue weighted by atomic mass is 19.1. The molecule has 4 heteroatoms. The first-order valence-corrected chi connectivity index (χ1v) is 6.02. The lowest BCUT2D eigenvalue weighted by atomic mass is 10.2. The largest absolute Gasteiger partial charge is 0.395 e. The van der Waals surface area contributed by atoms with Crippen molar-refractivity contribution >= 4 is 5.69 Å². The molecule has 0 bridgehead atoms. The normalized spacial score (nSPS) is 16.9. The first-order valence-electron chi connectivity index (χ1n) is 6.02. The number of hydrogen-bond donors (Lipinski definition) is 2. The molecule has 0 radical (unpaired) electrons. The molecule has 0 aromatic heterocycles. The van der Waals surface area contributed by atoms with Crippen LogP contribution < -0.4 is 10.2 Å². The van der Waals surface area contributed by atoms with E-state index in [1.807, 2.05) is 18.0 Å². The number of nitrogens with zero attached hydrogens (tertiary/aromatic N) is 1. The zero-order valence-electron chi connectivity index (χ0n) is 10.1. The molecule has 0 aliphatic heterocycles. The molecule has 2 rings (SSSR count). The fourth-order valence-corrected chi connectivity index (χ4v) is 1.90. The third kappa shape index (κ3) is 3.68. The summed E-state index contributed by atoms with van der Waals surface area (Å²) in [6, 6.07) is 7.12. The number of nitrogens with one attached hydrogen (secondary N) is 1. The van der Waals surface area contributed by atoms with Crippen LogP contribution in [0.2, 0.25) is 0 Å². The molecule has 1 aromatic rings. The molecule has 1 saturated carbocycles. The maximum absolute atomic E-state index is 13.1. The molecule has 0 amide bonds. The highest BCUT2D eigenvalue weighted by Crippen LogP contribution is 2.20. The van der Waals surface area contributed by atoms with Crippen LogP contribution in [0.3, 0.4) is 0 Å². The van der Waals surface area contributed by atoms with E-state index < -0.39 is 0 Å². The van der Waals surface area contributed by atoms with Gasteiger partial charge >= 0.3 is 0 Å². The molecule has 1 aliphatic carbocycles. The topological polar surface area (TPSA) is 35.5 Å². The summed E-state index contributed by atoms with van der Waals surface area (Å²) >= 11 is 0. The summed E-state index contributed by atoms with van der Waals surface area (Å²) in [7, 11) is 1.91. The molecule has 2 N–H and O–H groups in total. The molecule has 17 heavy (non-hydrogen) atoms. The van der Waals surface area contributed by atoms with E-state index >= 15 is 0 Å². The van der Waals surface area contributed by atoms with Gasteiger partial charge < -0.3 is 15.3 Å². The van der Waals surface area contributed by atoms with Gasteiger partial charge in [-0.25, -0.2) is 4.39 Å². The Morgan fingerprint density at radius 1 is 1.53 bits per heavy atom. The van der Waals surface area contributed by atoms with Gasteiger partial charge in [0.15, 0.2) is 0 Å². The molecule has 94 valence electrons. The highest BCUT2D eigenvalue weighted by Gasteiger charge is 2.24.